The third kappa shape index (κ3) is 3.72. The topological polar surface area (TPSA) is 12.4 Å². The van der Waals surface area contributed by atoms with Crippen LogP contribution in [0.3, 0.4) is 0 Å². The van der Waals surface area contributed by atoms with E-state index in [9.17, 15) is 13.2 Å². The summed E-state index contributed by atoms with van der Waals surface area (Å²) in [5.41, 5.74) is 0.847. The van der Waals surface area contributed by atoms with E-state index in [4.69, 9.17) is 0 Å². The Morgan fingerprint density at radius 2 is 1.52 bits per heavy atom. The fourth-order valence-corrected chi connectivity index (χ4v) is 2.21. The summed E-state index contributed by atoms with van der Waals surface area (Å²) in [5.74, 6) is 0. The highest BCUT2D eigenvalue weighted by atomic mass is 19.4. The van der Waals surface area contributed by atoms with Crippen molar-refractivity contribution in [1.82, 2.24) is 0 Å². The minimum absolute atomic E-state index is 0.132. The Labute approximate surface area is 122 Å². The van der Waals surface area contributed by atoms with Crippen LogP contribution in [0, 0.1) is 0 Å². The molecule has 0 bridgehead atoms. The van der Waals surface area contributed by atoms with E-state index in [0.717, 1.165) is 11.6 Å². The minimum atomic E-state index is -4.37. The zero-order chi connectivity index (χ0) is 15.5. The first-order valence-corrected chi connectivity index (χ1v) is 6.65. The second-order valence-electron chi connectivity index (χ2n) is 4.84. The maximum absolute atomic E-state index is 13.0. The van der Waals surface area contributed by atoms with E-state index in [1.807, 2.05) is 37.3 Å². The average molecular weight is 291 g/mol. The minimum Gasteiger partial charge on any atom is -0.282 e. The average Bonchev–Trinajstić information content (AvgIpc) is 2.47. The fourth-order valence-electron chi connectivity index (χ4n) is 2.21. The molecule has 0 fully saturated rings. The Bertz CT molecular complexity index is 630. The van der Waals surface area contributed by atoms with Crippen molar-refractivity contribution in [2.24, 2.45) is 4.99 Å². The molecule has 0 N–H and O–H groups in total. The number of rotatable bonds is 3. The van der Waals surface area contributed by atoms with Gasteiger partial charge in [0, 0.05) is 11.3 Å². The summed E-state index contributed by atoms with van der Waals surface area (Å²) in [4.78, 5) is 4.41. The summed E-state index contributed by atoms with van der Waals surface area (Å²) in [5, 5.41) is 0. The van der Waals surface area contributed by atoms with Gasteiger partial charge in [-0.15, -0.1) is 0 Å². The Morgan fingerprint density at radius 3 is 2.14 bits per heavy atom. The van der Waals surface area contributed by atoms with Gasteiger partial charge >= 0.3 is 6.18 Å². The van der Waals surface area contributed by atoms with Crippen LogP contribution in [-0.4, -0.2) is 5.71 Å². The Balaban J connectivity index is 2.36. The molecular weight excluding hydrogens is 275 g/mol. The van der Waals surface area contributed by atoms with E-state index in [-0.39, 0.29) is 11.6 Å². The van der Waals surface area contributed by atoms with Crippen LogP contribution >= 0.6 is 0 Å². The molecule has 0 saturated heterocycles. The van der Waals surface area contributed by atoms with Crippen molar-refractivity contribution in [3.05, 3.63) is 71.3 Å². The van der Waals surface area contributed by atoms with Crippen molar-refractivity contribution in [2.45, 2.75) is 26.1 Å². The van der Waals surface area contributed by atoms with Gasteiger partial charge in [-0.25, -0.2) is 0 Å². The molecule has 0 heterocycles. The second-order valence-corrected chi connectivity index (χ2v) is 4.84. The van der Waals surface area contributed by atoms with Crippen LogP contribution in [0.25, 0.3) is 0 Å². The summed E-state index contributed by atoms with van der Waals surface area (Å²) in [7, 11) is 0. The Kier molecular flexibility index (Phi) is 4.46. The summed E-state index contributed by atoms with van der Waals surface area (Å²) in [6.45, 7) is 3.49. The van der Waals surface area contributed by atoms with Gasteiger partial charge in [0.25, 0.3) is 0 Å². The van der Waals surface area contributed by atoms with Gasteiger partial charge in [0.15, 0.2) is 0 Å². The first-order valence-electron chi connectivity index (χ1n) is 6.65. The van der Waals surface area contributed by atoms with Gasteiger partial charge in [0.2, 0.25) is 0 Å². The molecule has 0 unspecified atom stereocenters. The van der Waals surface area contributed by atoms with Gasteiger partial charge in [-0.2, -0.15) is 13.2 Å². The molecule has 4 heteroatoms. The van der Waals surface area contributed by atoms with Crippen molar-refractivity contribution >= 4 is 5.71 Å². The molecular formula is C17H16F3N. The molecule has 21 heavy (non-hydrogen) atoms. The lowest BCUT2D eigenvalue weighted by atomic mass is 10.0. The molecule has 2 rings (SSSR count). The van der Waals surface area contributed by atoms with E-state index in [1.165, 1.54) is 12.1 Å². The van der Waals surface area contributed by atoms with Gasteiger partial charge < -0.3 is 0 Å². The van der Waals surface area contributed by atoms with Crippen LogP contribution in [0.5, 0.6) is 0 Å². The quantitative estimate of drug-likeness (QED) is 0.683. The molecule has 0 aliphatic carbocycles. The van der Waals surface area contributed by atoms with Crippen molar-refractivity contribution < 1.29 is 13.2 Å². The highest BCUT2D eigenvalue weighted by Gasteiger charge is 2.33. The van der Waals surface area contributed by atoms with Crippen LogP contribution in [0.1, 0.15) is 36.6 Å². The molecule has 110 valence electrons. The van der Waals surface area contributed by atoms with Crippen molar-refractivity contribution in [2.75, 3.05) is 0 Å². The van der Waals surface area contributed by atoms with Crippen LogP contribution in [0.4, 0.5) is 13.2 Å². The Hall–Kier alpha value is -2.10. The second kappa shape index (κ2) is 6.12. The number of aliphatic imine (C=N–C) groups is 1. The summed E-state index contributed by atoms with van der Waals surface area (Å²) in [6.07, 6.45) is -4.37. The predicted octanol–water partition coefficient (Wildman–Crippen LogP) is 5.28. The van der Waals surface area contributed by atoms with Crippen LogP contribution in [0.15, 0.2) is 59.6 Å². The number of halogens is 3. The van der Waals surface area contributed by atoms with Gasteiger partial charge in [-0.05, 0) is 25.5 Å². The third-order valence-corrected chi connectivity index (χ3v) is 3.29. The molecule has 1 atom stereocenters. The largest absolute Gasteiger partial charge is 0.417 e. The molecule has 0 amide bonds. The first-order chi connectivity index (χ1) is 9.89. The smallest absolute Gasteiger partial charge is 0.282 e. The highest BCUT2D eigenvalue weighted by Crippen LogP contribution is 2.32. The molecule has 2 aromatic rings. The number of alkyl halides is 3. The number of hydrogen-bond donors (Lipinski definition) is 0. The van der Waals surface area contributed by atoms with Crippen molar-refractivity contribution in [1.29, 1.82) is 0 Å². The monoisotopic (exact) mass is 291 g/mol. The van der Waals surface area contributed by atoms with Crippen LogP contribution in [0.2, 0.25) is 0 Å². The van der Waals surface area contributed by atoms with Crippen LogP contribution in [-0.2, 0) is 6.18 Å². The standard InChI is InChI=1S/C17H16F3N/c1-12(14-8-4-3-5-9-14)21-13(2)15-10-6-7-11-16(15)17(18,19)20/h3-12H,1-2H3/t12-/m0/s1. The molecule has 2 aromatic carbocycles. The van der Waals surface area contributed by atoms with Gasteiger partial charge in [-0.1, -0.05) is 48.5 Å². The lowest BCUT2D eigenvalue weighted by Crippen LogP contribution is -2.12. The normalized spacial score (nSPS) is 14.0. The van der Waals surface area contributed by atoms with E-state index in [0.29, 0.717) is 5.71 Å². The summed E-state index contributed by atoms with van der Waals surface area (Å²) >= 11 is 0. The lowest BCUT2D eigenvalue weighted by molar-refractivity contribution is -0.137. The fraction of sp³-hybridized carbons (Fsp3) is 0.235. The molecule has 0 saturated carbocycles. The number of benzene rings is 2. The van der Waals surface area contributed by atoms with Gasteiger partial charge in [-0.3, -0.25) is 4.99 Å². The van der Waals surface area contributed by atoms with E-state index >= 15 is 0 Å². The number of nitrogens with zero attached hydrogens (tertiary/aromatic N) is 1. The van der Waals surface area contributed by atoms with Crippen molar-refractivity contribution in [3.63, 3.8) is 0 Å². The first kappa shape index (κ1) is 15.3. The molecule has 0 aromatic heterocycles. The SMILES string of the molecule is CC(=N[C@@H](C)c1ccccc1)c1ccccc1C(F)(F)F. The zero-order valence-corrected chi connectivity index (χ0v) is 11.9. The molecule has 0 aliphatic rings. The zero-order valence-electron chi connectivity index (χ0n) is 11.9. The third-order valence-electron chi connectivity index (χ3n) is 3.29. The molecule has 0 spiro atoms. The van der Waals surface area contributed by atoms with Gasteiger partial charge in [0.1, 0.15) is 0 Å². The van der Waals surface area contributed by atoms with E-state index < -0.39 is 11.7 Å². The van der Waals surface area contributed by atoms with E-state index in [2.05, 4.69) is 4.99 Å². The van der Waals surface area contributed by atoms with E-state index in [1.54, 1.807) is 13.0 Å². The molecule has 1 nitrogen and oxygen atoms in total. The lowest BCUT2D eigenvalue weighted by Gasteiger charge is -2.14. The predicted molar refractivity (Wildman–Crippen MR) is 78.5 cm³/mol. The maximum atomic E-state index is 13.0. The molecule has 0 radical (unpaired) electrons. The highest BCUT2D eigenvalue weighted by molar-refractivity contribution is 6.00. The summed E-state index contributed by atoms with van der Waals surface area (Å²) < 4.78 is 39.0. The van der Waals surface area contributed by atoms with Crippen molar-refractivity contribution in [3.8, 4) is 0 Å². The van der Waals surface area contributed by atoms with Crippen LogP contribution < -0.4 is 0 Å². The number of hydrogen-bond acceptors (Lipinski definition) is 1. The van der Waals surface area contributed by atoms with Gasteiger partial charge in [0.05, 0.1) is 11.6 Å². The molecule has 0 aliphatic heterocycles. The maximum Gasteiger partial charge on any atom is 0.417 e. The Morgan fingerprint density at radius 1 is 0.952 bits per heavy atom. The summed E-state index contributed by atoms with van der Waals surface area (Å²) in [6, 6.07) is 14.8.